The number of ether oxygens (including phenoxy) is 1. The lowest BCUT2D eigenvalue weighted by Crippen LogP contribution is -2.24. The minimum Gasteiger partial charge on any atom is -0.493 e. The molecule has 0 amide bonds. The van der Waals surface area contributed by atoms with E-state index in [4.69, 9.17) is 4.74 Å². The molecule has 6 nitrogen and oxygen atoms in total. The van der Waals surface area contributed by atoms with Crippen molar-refractivity contribution in [2.45, 2.75) is 38.1 Å². The first-order valence-corrected chi connectivity index (χ1v) is 8.71. The number of H-pyrrole nitrogens is 1. The summed E-state index contributed by atoms with van der Waals surface area (Å²) in [7, 11) is -3.57. The zero-order valence-electron chi connectivity index (χ0n) is 12.6. The Bertz CT molecular complexity index is 777. The predicted molar refractivity (Wildman–Crippen MR) is 82.3 cm³/mol. The Balaban J connectivity index is 1.77. The third-order valence-electron chi connectivity index (χ3n) is 3.77. The maximum atomic E-state index is 12.4. The Morgan fingerprint density at radius 3 is 2.91 bits per heavy atom. The van der Waals surface area contributed by atoms with Crippen LogP contribution in [0.15, 0.2) is 23.1 Å². The summed E-state index contributed by atoms with van der Waals surface area (Å²) in [4.78, 5) is 0.230. The third-order valence-corrected chi connectivity index (χ3v) is 5.43. The predicted octanol–water partition coefficient (Wildman–Crippen LogP) is 1.83. The van der Waals surface area contributed by atoms with E-state index in [0.717, 1.165) is 36.3 Å². The van der Waals surface area contributed by atoms with Crippen LogP contribution in [0, 0.1) is 13.8 Å². The first-order valence-electron chi connectivity index (χ1n) is 7.23. The number of rotatable bonds is 4. The molecule has 0 fully saturated rings. The molecule has 0 atom stereocenters. The summed E-state index contributed by atoms with van der Waals surface area (Å²) in [5.41, 5.74) is 3.08. The molecule has 2 N–H and O–H groups in total. The van der Waals surface area contributed by atoms with Gasteiger partial charge in [0.15, 0.2) is 0 Å². The first-order chi connectivity index (χ1) is 10.5. The molecule has 1 aromatic heterocycles. The second-order valence-corrected chi connectivity index (χ2v) is 7.19. The molecule has 22 heavy (non-hydrogen) atoms. The number of fused-ring (bicyclic) bond motifs is 1. The monoisotopic (exact) mass is 321 g/mol. The van der Waals surface area contributed by atoms with Crippen LogP contribution in [-0.4, -0.2) is 25.2 Å². The number of benzene rings is 1. The van der Waals surface area contributed by atoms with Crippen molar-refractivity contribution in [1.29, 1.82) is 0 Å². The number of sulfonamides is 1. The Kier molecular flexibility index (Phi) is 3.92. The van der Waals surface area contributed by atoms with Gasteiger partial charge in [-0.05, 0) is 43.9 Å². The highest BCUT2D eigenvalue weighted by Gasteiger charge is 2.22. The average Bonchev–Trinajstić information content (AvgIpc) is 2.85. The molecule has 0 unspecified atom stereocenters. The number of aromatic amines is 1. The normalized spacial score (nSPS) is 14.5. The van der Waals surface area contributed by atoms with Crippen LogP contribution in [0.1, 0.15) is 28.9 Å². The topological polar surface area (TPSA) is 84.1 Å². The van der Waals surface area contributed by atoms with Crippen molar-refractivity contribution in [1.82, 2.24) is 14.9 Å². The van der Waals surface area contributed by atoms with Gasteiger partial charge in [0.05, 0.1) is 18.0 Å². The van der Waals surface area contributed by atoms with Crippen molar-refractivity contribution in [3.05, 3.63) is 40.7 Å². The van der Waals surface area contributed by atoms with E-state index >= 15 is 0 Å². The van der Waals surface area contributed by atoms with E-state index in [9.17, 15) is 8.42 Å². The molecular formula is C15H19N3O3S. The van der Waals surface area contributed by atoms with Crippen LogP contribution in [0.4, 0.5) is 0 Å². The van der Waals surface area contributed by atoms with Crippen LogP contribution in [0.25, 0.3) is 0 Å². The molecule has 7 heteroatoms. The maximum absolute atomic E-state index is 12.4. The Morgan fingerprint density at radius 2 is 2.18 bits per heavy atom. The van der Waals surface area contributed by atoms with Crippen molar-refractivity contribution in [3.8, 4) is 5.75 Å². The Morgan fingerprint density at radius 1 is 1.36 bits per heavy atom. The standard InChI is InChI=1S/C15H19N3O3S/c1-10-15(11(2)18-17-10)22(19,20)16-9-12-5-6-14-13(8-12)4-3-7-21-14/h5-6,8,16H,3-4,7,9H2,1-2H3,(H,17,18). The summed E-state index contributed by atoms with van der Waals surface area (Å²) in [6, 6.07) is 5.81. The van der Waals surface area contributed by atoms with E-state index in [1.165, 1.54) is 0 Å². The van der Waals surface area contributed by atoms with Crippen LogP contribution in [0.3, 0.4) is 0 Å². The lowest BCUT2D eigenvalue weighted by atomic mass is 10.0. The van der Waals surface area contributed by atoms with Gasteiger partial charge in [0.25, 0.3) is 0 Å². The molecule has 2 heterocycles. The van der Waals surface area contributed by atoms with Gasteiger partial charge in [0.1, 0.15) is 10.6 Å². The fourth-order valence-electron chi connectivity index (χ4n) is 2.71. The fourth-order valence-corrected chi connectivity index (χ4v) is 4.10. The van der Waals surface area contributed by atoms with E-state index < -0.39 is 10.0 Å². The van der Waals surface area contributed by atoms with Crippen LogP contribution < -0.4 is 9.46 Å². The minimum absolute atomic E-state index is 0.230. The summed E-state index contributed by atoms with van der Waals surface area (Å²) < 4.78 is 33.0. The van der Waals surface area contributed by atoms with Gasteiger partial charge < -0.3 is 4.74 Å². The highest BCUT2D eigenvalue weighted by atomic mass is 32.2. The average molecular weight is 321 g/mol. The molecule has 1 aliphatic heterocycles. The summed E-state index contributed by atoms with van der Waals surface area (Å²) in [5, 5.41) is 6.63. The number of hydrogen-bond acceptors (Lipinski definition) is 4. The number of nitrogens with one attached hydrogen (secondary N) is 2. The van der Waals surface area contributed by atoms with E-state index in [0.29, 0.717) is 11.4 Å². The highest BCUT2D eigenvalue weighted by molar-refractivity contribution is 7.89. The molecule has 0 saturated carbocycles. The lowest BCUT2D eigenvalue weighted by molar-refractivity contribution is 0.288. The molecule has 2 aromatic rings. The van der Waals surface area contributed by atoms with Crippen LogP contribution in [0.2, 0.25) is 0 Å². The Labute approximate surface area is 129 Å². The van der Waals surface area contributed by atoms with Crippen LogP contribution in [-0.2, 0) is 23.0 Å². The fraction of sp³-hybridized carbons (Fsp3) is 0.400. The van der Waals surface area contributed by atoms with Crippen molar-refractivity contribution >= 4 is 10.0 Å². The molecule has 118 valence electrons. The van der Waals surface area contributed by atoms with Gasteiger partial charge in [-0.25, -0.2) is 13.1 Å². The SMILES string of the molecule is Cc1n[nH]c(C)c1S(=O)(=O)NCc1ccc2c(c1)CCCO2. The molecule has 3 rings (SSSR count). The van der Waals surface area contributed by atoms with E-state index in [1.807, 2.05) is 18.2 Å². The van der Waals surface area contributed by atoms with Crippen molar-refractivity contribution < 1.29 is 13.2 Å². The van der Waals surface area contributed by atoms with Crippen molar-refractivity contribution in [2.24, 2.45) is 0 Å². The first kappa shape index (κ1) is 15.1. The molecule has 0 spiro atoms. The summed E-state index contributed by atoms with van der Waals surface area (Å²) in [5.74, 6) is 0.902. The molecule has 0 aliphatic carbocycles. The van der Waals surface area contributed by atoms with Crippen LogP contribution >= 0.6 is 0 Å². The summed E-state index contributed by atoms with van der Waals surface area (Å²) in [6.45, 7) is 4.37. The summed E-state index contributed by atoms with van der Waals surface area (Å²) >= 11 is 0. The highest BCUT2D eigenvalue weighted by Crippen LogP contribution is 2.25. The second-order valence-electron chi connectivity index (χ2n) is 5.48. The van der Waals surface area contributed by atoms with Gasteiger partial charge in [-0.3, -0.25) is 5.10 Å². The zero-order chi connectivity index (χ0) is 15.7. The van der Waals surface area contributed by atoms with Gasteiger partial charge in [-0.2, -0.15) is 5.10 Å². The van der Waals surface area contributed by atoms with E-state index in [2.05, 4.69) is 14.9 Å². The number of nitrogens with zero attached hydrogens (tertiary/aromatic N) is 1. The van der Waals surface area contributed by atoms with Crippen molar-refractivity contribution in [3.63, 3.8) is 0 Å². The summed E-state index contributed by atoms with van der Waals surface area (Å²) in [6.07, 6.45) is 1.96. The van der Waals surface area contributed by atoms with Gasteiger partial charge in [0.2, 0.25) is 10.0 Å². The van der Waals surface area contributed by atoms with E-state index in [1.54, 1.807) is 13.8 Å². The molecule has 0 saturated heterocycles. The van der Waals surface area contributed by atoms with Crippen molar-refractivity contribution in [2.75, 3.05) is 6.61 Å². The van der Waals surface area contributed by atoms with Crippen LogP contribution in [0.5, 0.6) is 5.75 Å². The number of aryl methyl sites for hydroxylation is 3. The molecular weight excluding hydrogens is 302 g/mol. The lowest BCUT2D eigenvalue weighted by Gasteiger charge is -2.18. The van der Waals surface area contributed by atoms with Gasteiger partial charge >= 0.3 is 0 Å². The van der Waals surface area contributed by atoms with E-state index in [-0.39, 0.29) is 11.4 Å². The smallest absolute Gasteiger partial charge is 0.244 e. The quantitative estimate of drug-likeness (QED) is 0.900. The Hall–Kier alpha value is -1.86. The molecule has 1 aliphatic rings. The number of aromatic nitrogens is 2. The zero-order valence-corrected chi connectivity index (χ0v) is 13.5. The molecule has 0 radical (unpaired) electrons. The second kappa shape index (κ2) is 5.73. The van der Waals surface area contributed by atoms with Gasteiger partial charge in [-0.15, -0.1) is 0 Å². The number of hydrogen-bond donors (Lipinski definition) is 2. The maximum Gasteiger partial charge on any atom is 0.244 e. The minimum atomic E-state index is -3.57. The largest absolute Gasteiger partial charge is 0.493 e. The third kappa shape index (κ3) is 2.86. The molecule has 0 bridgehead atoms. The molecule has 1 aromatic carbocycles. The van der Waals surface area contributed by atoms with Gasteiger partial charge in [-0.1, -0.05) is 12.1 Å². The van der Waals surface area contributed by atoms with Gasteiger partial charge in [0, 0.05) is 6.54 Å².